The van der Waals surface area contributed by atoms with Gasteiger partial charge in [-0.1, -0.05) is 37.9 Å². The summed E-state index contributed by atoms with van der Waals surface area (Å²) in [6.07, 6.45) is 9.79. The van der Waals surface area contributed by atoms with Crippen molar-refractivity contribution in [2.75, 3.05) is 5.75 Å². The molecule has 67 valence electrons. The lowest BCUT2D eigenvalue weighted by molar-refractivity contribution is 0.706. The van der Waals surface area contributed by atoms with Crippen LogP contribution in [0.3, 0.4) is 0 Å². The number of unbranched alkanes of at least 4 members (excludes halogenated alkanes) is 3. The van der Waals surface area contributed by atoms with Gasteiger partial charge in [-0.3, -0.25) is 0 Å². The van der Waals surface area contributed by atoms with Crippen molar-refractivity contribution in [1.29, 1.82) is 0 Å². The van der Waals surface area contributed by atoms with Gasteiger partial charge < -0.3 is 4.98 Å². The van der Waals surface area contributed by atoms with Crippen molar-refractivity contribution in [2.45, 2.75) is 37.8 Å². The minimum atomic E-state index is 0.992. The zero-order valence-electron chi connectivity index (χ0n) is 7.47. The molecular formula is C9H15N2S. The maximum absolute atomic E-state index is 4.02. The van der Waals surface area contributed by atoms with Crippen LogP contribution in [-0.2, 0) is 0 Å². The van der Waals surface area contributed by atoms with Crippen LogP contribution in [-0.4, -0.2) is 15.7 Å². The molecule has 0 atom stereocenters. The van der Waals surface area contributed by atoms with Gasteiger partial charge in [-0.2, -0.15) is 0 Å². The van der Waals surface area contributed by atoms with E-state index in [1.165, 1.54) is 31.4 Å². The Hall–Kier alpha value is -0.440. The van der Waals surface area contributed by atoms with Crippen LogP contribution in [0, 0.1) is 6.20 Å². The Kier molecular flexibility index (Phi) is 4.92. The average molecular weight is 183 g/mol. The summed E-state index contributed by atoms with van der Waals surface area (Å²) in [7, 11) is 0. The number of imidazole rings is 1. The molecule has 1 N–H and O–H groups in total. The van der Waals surface area contributed by atoms with Gasteiger partial charge in [0.1, 0.15) is 6.20 Å². The van der Waals surface area contributed by atoms with Gasteiger partial charge in [0.2, 0.25) is 0 Å². The van der Waals surface area contributed by atoms with Crippen LogP contribution >= 0.6 is 11.8 Å². The number of hydrogen-bond acceptors (Lipinski definition) is 2. The van der Waals surface area contributed by atoms with E-state index in [9.17, 15) is 0 Å². The second-order valence-electron chi connectivity index (χ2n) is 2.74. The summed E-state index contributed by atoms with van der Waals surface area (Å²) in [6, 6.07) is 0. The molecule has 0 amide bonds. The molecule has 1 aromatic heterocycles. The summed E-state index contributed by atoms with van der Waals surface area (Å²) in [5, 5.41) is 0.992. The molecule has 1 heterocycles. The number of H-pyrrole nitrogens is 1. The second kappa shape index (κ2) is 6.12. The van der Waals surface area contributed by atoms with Crippen LogP contribution in [0.15, 0.2) is 11.4 Å². The lowest BCUT2D eigenvalue weighted by Gasteiger charge is -1.96. The zero-order valence-corrected chi connectivity index (χ0v) is 8.28. The van der Waals surface area contributed by atoms with Crippen molar-refractivity contribution in [1.82, 2.24) is 9.97 Å². The minimum absolute atomic E-state index is 0.992. The van der Waals surface area contributed by atoms with Gasteiger partial charge in [-0.05, 0) is 6.42 Å². The molecular weight excluding hydrogens is 168 g/mol. The van der Waals surface area contributed by atoms with E-state index in [-0.39, 0.29) is 0 Å². The molecule has 3 heteroatoms. The Balaban J connectivity index is 1.96. The predicted octanol–water partition coefficient (Wildman–Crippen LogP) is 2.88. The third-order valence-corrected chi connectivity index (χ3v) is 2.64. The van der Waals surface area contributed by atoms with E-state index in [0.717, 1.165) is 5.16 Å². The molecule has 0 saturated carbocycles. The molecule has 0 aliphatic rings. The van der Waals surface area contributed by atoms with Gasteiger partial charge in [0, 0.05) is 11.9 Å². The van der Waals surface area contributed by atoms with Gasteiger partial charge in [-0.25, -0.2) is 4.98 Å². The van der Waals surface area contributed by atoms with E-state index in [4.69, 9.17) is 0 Å². The fraction of sp³-hybridized carbons (Fsp3) is 0.667. The fourth-order valence-corrected chi connectivity index (χ4v) is 1.79. The molecule has 0 saturated heterocycles. The molecule has 0 bridgehead atoms. The molecule has 12 heavy (non-hydrogen) atoms. The first kappa shape index (κ1) is 9.65. The quantitative estimate of drug-likeness (QED) is 0.542. The summed E-state index contributed by atoms with van der Waals surface area (Å²) in [6.45, 7) is 2.23. The Morgan fingerprint density at radius 1 is 1.50 bits per heavy atom. The molecule has 0 fully saturated rings. The molecule has 0 unspecified atom stereocenters. The van der Waals surface area contributed by atoms with Crippen LogP contribution in [0.25, 0.3) is 0 Å². The Bertz CT molecular complexity index is 184. The first-order valence-corrected chi connectivity index (χ1v) is 5.46. The molecule has 0 aliphatic carbocycles. The van der Waals surface area contributed by atoms with E-state index < -0.39 is 0 Å². The minimum Gasteiger partial charge on any atom is -0.339 e. The third-order valence-electron chi connectivity index (χ3n) is 1.66. The predicted molar refractivity (Wildman–Crippen MR) is 52.3 cm³/mol. The smallest absolute Gasteiger partial charge is 0.165 e. The van der Waals surface area contributed by atoms with E-state index in [1.807, 2.05) is 0 Å². The molecule has 0 aliphatic heterocycles. The van der Waals surface area contributed by atoms with Gasteiger partial charge in [-0.15, -0.1) is 0 Å². The summed E-state index contributed by atoms with van der Waals surface area (Å²) in [5.74, 6) is 1.17. The topological polar surface area (TPSA) is 28.7 Å². The number of nitrogens with zero attached hydrogens (tertiary/aromatic N) is 1. The second-order valence-corrected chi connectivity index (χ2v) is 3.83. The molecule has 1 rings (SSSR count). The third kappa shape index (κ3) is 3.81. The largest absolute Gasteiger partial charge is 0.339 e. The van der Waals surface area contributed by atoms with Crippen molar-refractivity contribution in [3.05, 3.63) is 12.4 Å². The van der Waals surface area contributed by atoms with Crippen LogP contribution in [0.2, 0.25) is 0 Å². The van der Waals surface area contributed by atoms with Crippen LogP contribution < -0.4 is 0 Å². The monoisotopic (exact) mass is 183 g/mol. The van der Waals surface area contributed by atoms with Gasteiger partial charge in [0.25, 0.3) is 0 Å². The Morgan fingerprint density at radius 3 is 3.08 bits per heavy atom. The maximum atomic E-state index is 4.02. The molecule has 2 nitrogen and oxygen atoms in total. The van der Waals surface area contributed by atoms with Gasteiger partial charge >= 0.3 is 0 Å². The first-order valence-electron chi connectivity index (χ1n) is 4.47. The highest BCUT2D eigenvalue weighted by molar-refractivity contribution is 7.99. The highest BCUT2D eigenvalue weighted by atomic mass is 32.2. The normalized spacial score (nSPS) is 10.4. The average Bonchev–Trinajstić information content (AvgIpc) is 2.57. The van der Waals surface area contributed by atoms with Crippen molar-refractivity contribution >= 4 is 11.8 Å². The Labute approximate surface area is 78.2 Å². The van der Waals surface area contributed by atoms with Gasteiger partial charge in [0.05, 0.1) is 0 Å². The lowest BCUT2D eigenvalue weighted by atomic mass is 10.2. The van der Waals surface area contributed by atoms with E-state index in [0.29, 0.717) is 0 Å². The van der Waals surface area contributed by atoms with Gasteiger partial charge in [0.15, 0.2) is 5.16 Å². The summed E-state index contributed by atoms with van der Waals surface area (Å²) in [5.41, 5.74) is 0. The van der Waals surface area contributed by atoms with E-state index >= 15 is 0 Å². The fourth-order valence-electron chi connectivity index (χ4n) is 0.989. The first-order chi connectivity index (χ1) is 5.93. The number of aromatic nitrogens is 2. The number of nitrogens with one attached hydrogen (secondary N) is 1. The van der Waals surface area contributed by atoms with Crippen LogP contribution in [0.1, 0.15) is 32.6 Å². The standard InChI is InChI=1S/C9H15N2S/c1-2-3-4-5-8-12-9-10-6-7-11-9/h6H,2-5,8H2,1H3,(H,10,11). The van der Waals surface area contributed by atoms with E-state index in [1.54, 1.807) is 18.0 Å². The van der Waals surface area contributed by atoms with Crippen LogP contribution in [0.5, 0.6) is 0 Å². The summed E-state index contributed by atoms with van der Waals surface area (Å²) in [4.78, 5) is 7.04. The van der Waals surface area contributed by atoms with Crippen molar-refractivity contribution in [2.24, 2.45) is 0 Å². The van der Waals surface area contributed by atoms with Crippen LogP contribution in [0.4, 0.5) is 0 Å². The number of thioether (sulfide) groups is 1. The molecule has 1 radical (unpaired) electrons. The highest BCUT2D eigenvalue weighted by Crippen LogP contribution is 2.14. The van der Waals surface area contributed by atoms with Crippen molar-refractivity contribution in [3.63, 3.8) is 0 Å². The molecule has 0 aromatic carbocycles. The van der Waals surface area contributed by atoms with Crippen molar-refractivity contribution in [3.8, 4) is 0 Å². The van der Waals surface area contributed by atoms with Crippen molar-refractivity contribution < 1.29 is 0 Å². The zero-order chi connectivity index (χ0) is 8.65. The molecule has 1 aromatic rings. The lowest BCUT2D eigenvalue weighted by Crippen LogP contribution is -1.82. The molecule has 0 spiro atoms. The number of hydrogen-bond donors (Lipinski definition) is 1. The highest BCUT2D eigenvalue weighted by Gasteiger charge is 1.94. The Morgan fingerprint density at radius 2 is 2.42 bits per heavy atom. The maximum Gasteiger partial charge on any atom is 0.165 e. The van der Waals surface area contributed by atoms with E-state index in [2.05, 4.69) is 23.1 Å². The number of aromatic amines is 1. The summed E-state index contributed by atoms with van der Waals surface area (Å²) < 4.78 is 0. The summed E-state index contributed by atoms with van der Waals surface area (Å²) >= 11 is 1.78. The SMILES string of the molecule is CCCCCCSc1n[c]c[nH]1. The number of rotatable bonds is 6.